The predicted octanol–water partition coefficient (Wildman–Crippen LogP) is 0.538. The quantitative estimate of drug-likeness (QED) is 0.563. The first-order valence-electron chi connectivity index (χ1n) is 3.20. The first-order valence-corrected chi connectivity index (χ1v) is 4.63. The van der Waals surface area contributed by atoms with Crippen molar-refractivity contribution in [2.24, 2.45) is 11.7 Å². The molecule has 0 aliphatic heterocycles. The lowest BCUT2D eigenvalue weighted by atomic mass is 9.85. The maximum absolute atomic E-state index is 10.4. The molecule has 1 aliphatic rings. The molecule has 0 heterocycles. The van der Waals surface area contributed by atoms with E-state index in [1.807, 2.05) is 0 Å². The first kappa shape index (κ1) is 7.26. The summed E-state index contributed by atoms with van der Waals surface area (Å²) >= 11 is 0. The number of rotatable bonds is 2. The van der Waals surface area contributed by atoms with Gasteiger partial charge in [0.15, 0.2) is 0 Å². The molecule has 0 aromatic carbocycles. The van der Waals surface area contributed by atoms with Crippen LogP contribution in [-0.4, -0.2) is 10.7 Å². The van der Waals surface area contributed by atoms with Crippen LogP contribution in [0.1, 0.15) is 19.3 Å². The van der Waals surface area contributed by atoms with E-state index in [1.165, 1.54) is 6.42 Å². The lowest BCUT2D eigenvalue weighted by molar-refractivity contribution is 0.294. The highest BCUT2D eigenvalue weighted by atomic mass is 31.1. The van der Waals surface area contributed by atoms with Crippen LogP contribution in [0.25, 0.3) is 0 Å². The molecule has 1 rings (SSSR count). The van der Waals surface area contributed by atoms with Gasteiger partial charge in [-0.05, 0) is 18.8 Å². The van der Waals surface area contributed by atoms with Gasteiger partial charge in [0.2, 0.25) is 8.03 Å². The van der Waals surface area contributed by atoms with E-state index in [4.69, 9.17) is 10.6 Å². The summed E-state index contributed by atoms with van der Waals surface area (Å²) in [5.41, 5.74) is 5.40. The summed E-state index contributed by atoms with van der Waals surface area (Å²) in [6.45, 7) is 0. The van der Waals surface area contributed by atoms with Crippen molar-refractivity contribution >= 4 is 8.03 Å². The Labute approximate surface area is 55.1 Å². The van der Waals surface area contributed by atoms with Crippen LogP contribution in [0.3, 0.4) is 0 Å². The maximum atomic E-state index is 10.4. The first-order chi connectivity index (χ1) is 4.22. The summed E-state index contributed by atoms with van der Waals surface area (Å²) in [6, 6.07) is 0. The second-order valence-corrected chi connectivity index (χ2v) is 3.90. The molecular weight excluding hydrogens is 137 g/mol. The Balaban J connectivity index is 2.32. The average molecular weight is 149 g/mol. The smallest absolute Gasteiger partial charge is 0.205 e. The molecule has 1 fully saturated rings. The van der Waals surface area contributed by atoms with Gasteiger partial charge in [-0.1, -0.05) is 6.42 Å². The molecule has 1 saturated carbocycles. The molecule has 3 N–H and O–H groups in total. The van der Waals surface area contributed by atoms with E-state index in [0.29, 0.717) is 5.92 Å². The van der Waals surface area contributed by atoms with Crippen LogP contribution in [0.2, 0.25) is 0 Å². The van der Waals surface area contributed by atoms with E-state index in [9.17, 15) is 4.57 Å². The zero-order valence-electron chi connectivity index (χ0n) is 5.21. The summed E-state index contributed by atoms with van der Waals surface area (Å²) in [5.74, 6) is -0.0925. The summed E-state index contributed by atoms with van der Waals surface area (Å²) in [4.78, 5) is 8.58. The second-order valence-electron chi connectivity index (χ2n) is 2.56. The third kappa shape index (κ3) is 1.54. The monoisotopic (exact) mass is 149 g/mol. The predicted molar refractivity (Wildman–Crippen MR) is 36.5 cm³/mol. The van der Waals surface area contributed by atoms with Crippen molar-refractivity contribution in [2.45, 2.75) is 25.0 Å². The van der Waals surface area contributed by atoms with Crippen LogP contribution >= 0.6 is 8.03 Å². The van der Waals surface area contributed by atoms with E-state index < -0.39 is 13.8 Å². The Morgan fingerprint density at radius 1 is 1.67 bits per heavy atom. The molecule has 0 saturated heterocycles. The van der Waals surface area contributed by atoms with Crippen LogP contribution < -0.4 is 5.73 Å². The average Bonchev–Trinajstić information content (AvgIpc) is 1.60. The normalized spacial score (nSPS) is 26.9. The largest absolute Gasteiger partial charge is 0.345 e. The zero-order chi connectivity index (χ0) is 6.85. The fraction of sp³-hybridized carbons (Fsp3) is 1.00. The third-order valence-electron chi connectivity index (χ3n) is 1.94. The maximum Gasteiger partial charge on any atom is 0.205 e. The van der Waals surface area contributed by atoms with Gasteiger partial charge in [0, 0.05) is 0 Å². The van der Waals surface area contributed by atoms with Crippen molar-refractivity contribution in [1.29, 1.82) is 0 Å². The van der Waals surface area contributed by atoms with Gasteiger partial charge in [-0.2, -0.15) is 0 Å². The summed E-state index contributed by atoms with van der Waals surface area (Å²) in [5, 5.41) is 0. The van der Waals surface area contributed by atoms with Crippen molar-refractivity contribution < 1.29 is 9.46 Å². The molecule has 1 aliphatic carbocycles. The van der Waals surface area contributed by atoms with Crippen LogP contribution in [-0.2, 0) is 4.57 Å². The standard InChI is InChI=1S/C5H12NO2P/c6-5(9(7)8)4-2-1-3-4/h4-5,9H,1-3,6H2,(H,7,8). The molecule has 0 aromatic heterocycles. The molecule has 3 nitrogen and oxygen atoms in total. The van der Waals surface area contributed by atoms with Gasteiger partial charge < -0.3 is 10.6 Å². The van der Waals surface area contributed by atoms with Crippen molar-refractivity contribution in [1.82, 2.24) is 0 Å². The molecule has 2 unspecified atom stereocenters. The lowest BCUT2D eigenvalue weighted by Gasteiger charge is -2.29. The zero-order valence-corrected chi connectivity index (χ0v) is 6.21. The van der Waals surface area contributed by atoms with Crippen LogP contribution in [0.4, 0.5) is 0 Å². The Morgan fingerprint density at radius 3 is 2.33 bits per heavy atom. The van der Waals surface area contributed by atoms with Gasteiger partial charge in [-0.15, -0.1) is 0 Å². The Bertz CT molecular complexity index is 124. The highest BCUT2D eigenvalue weighted by Crippen LogP contribution is 2.37. The minimum Gasteiger partial charge on any atom is -0.345 e. The van der Waals surface area contributed by atoms with Gasteiger partial charge in [0.25, 0.3) is 0 Å². The van der Waals surface area contributed by atoms with Crippen molar-refractivity contribution in [3.63, 3.8) is 0 Å². The third-order valence-corrected chi connectivity index (χ3v) is 2.98. The lowest BCUT2D eigenvalue weighted by Crippen LogP contribution is -2.31. The Hall–Kier alpha value is 0.150. The van der Waals surface area contributed by atoms with Crippen molar-refractivity contribution in [3.8, 4) is 0 Å². The second kappa shape index (κ2) is 2.82. The van der Waals surface area contributed by atoms with Crippen molar-refractivity contribution in [3.05, 3.63) is 0 Å². The summed E-state index contributed by atoms with van der Waals surface area (Å²) in [7, 11) is -2.44. The van der Waals surface area contributed by atoms with Gasteiger partial charge >= 0.3 is 0 Å². The van der Waals surface area contributed by atoms with Gasteiger partial charge in [-0.25, -0.2) is 0 Å². The van der Waals surface area contributed by atoms with Crippen LogP contribution in [0.5, 0.6) is 0 Å². The fourth-order valence-electron chi connectivity index (χ4n) is 1.00. The molecule has 0 radical (unpaired) electrons. The van der Waals surface area contributed by atoms with E-state index in [-0.39, 0.29) is 0 Å². The summed E-state index contributed by atoms with van der Waals surface area (Å²) in [6.07, 6.45) is 3.25. The van der Waals surface area contributed by atoms with E-state index in [0.717, 1.165) is 12.8 Å². The minimum absolute atomic E-state index is 0.335. The Morgan fingerprint density at radius 2 is 2.22 bits per heavy atom. The van der Waals surface area contributed by atoms with Crippen LogP contribution in [0.15, 0.2) is 0 Å². The highest BCUT2D eigenvalue weighted by Gasteiger charge is 2.27. The van der Waals surface area contributed by atoms with Gasteiger partial charge in [0.1, 0.15) is 0 Å². The molecule has 9 heavy (non-hydrogen) atoms. The molecular formula is C5H12NO2P. The highest BCUT2D eigenvalue weighted by molar-refractivity contribution is 7.38. The fourth-order valence-corrected chi connectivity index (χ4v) is 1.74. The minimum atomic E-state index is -2.44. The number of hydrogen-bond acceptors (Lipinski definition) is 2. The molecule has 0 aromatic rings. The topological polar surface area (TPSA) is 63.3 Å². The number of nitrogens with two attached hydrogens (primary N) is 1. The molecule has 0 spiro atoms. The molecule has 4 heteroatoms. The van der Waals surface area contributed by atoms with Gasteiger partial charge in [0.05, 0.1) is 5.78 Å². The van der Waals surface area contributed by atoms with E-state index >= 15 is 0 Å². The SMILES string of the molecule is NC(C1CCC1)[PH](=O)O. The molecule has 0 amide bonds. The number of hydrogen-bond donors (Lipinski definition) is 2. The molecule has 54 valence electrons. The Kier molecular flexibility index (Phi) is 2.28. The summed E-state index contributed by atoms with van der Waals surface area (Å²) < 4.78 is 10.4. The van der Waals surface area contributed by atoms with Crippen molar-refractivity contribution in [2.75, 3.05) is 0 Å². The van der Waals surface area contributed by atoms with Gasteiger partial charge in [-0.3, -0.25) is 4.57 Å². The molecule has 0 bridgehead atoms. The van der Waals surface area contributed by atoms with Crippen LogP contribution in [0, 0.1) is 5.92 Å². The van der Waals surface area contributed by atoms with E-state index in [2.05, 4.69) is 0 Å². The molecule has 2 atom stereocenters. The van der Waals surface area contributed by atoms with E-state index in [1.54, 1.807) is 0 Å².